The van der Waals surface area contributed by atoms with Crippen LogP contribution in [0.2, 0.25) is 0 Å². The third kappa shape index (κ3) is 5.96. The smallest absolute Gasteiger partial charge is 0.0705 e. The van der Waals surface area contributed by atoms with Crippen molar-refractivity contribution in [2.45, 2.75) is 6.42 Å². The summed E-state index contributed by atoms with van der Waals surface area (Å²) in [7, 11) is 0. The van der Waals surface area contributed by atoms with Crippen LogP contribution in [-0.4, -0.2) is 11.5 Å². The molecule has 0 saturated heterocycles. The minimum absolute atomic E-state index is 1.21. The standard InChI is InChI=1S/C15H12S10/c1(2-16-10-8-22-14(24-10)12-18-4-5-19-12)3-17-11-9-23-15(25-11)13-20-6-7-21-13/h4-9H,1-3H2. The zero-order valence-electron chi connectivity index (χ0n) is 12.7. The summed E-state index contributed by atoms with van der Waals surface area (Å²) < 4.78 is 8.73. The van der Waals surface area contributed by atoms with Crippen molar-refractivity contribution in [3.8, 4) is 0 Å². The maximum absolute atomic E-state index is 2.32. The molecule has 0 spiro atoms. The van der Waals surface area contributed by atoms with Crippen molar-refractivity contribution in [1.82, 2.24) is 0 Å². The van der Waals surface area contributed by atoms with E-state index in [1.807, 2.05) is 118 Å². The Labute approximate surface area is 191 Å². The van der Waals surface area contributed by atoms with Gasteiger partial charge in [0.05, 0.1) is 25.4 Å². The molecule has 0 aromatic rings. The summed E-state index contributed by atoms with van der Waals surface area (Å²) in [5.41, 5.74) is 0. The van der Waals surface area contributed by atoms with Crippen LogP contribution in [0.15, 0.2) is 57.9 Å². The Morgan fingerprint density at radius 1 is 0.560 bits per heavy atom. The number of thioether (sulfide) groups is 10. The molecule has 0 bridgehead atoms. The SMILES string of the molecule is C1=CSC(=C2SC=C(SCCCSC3=CSC(=C4SC=CS4)S3)S2)S1. The Morgan fingerprint density at radius 3 is 1.44 bits per heavy atom. The van der Waals surface area contributed by atoms with E-state index in [0.717, 1.165) is 0 Å². The van der Waals surface area contributed by atoms with Crippen LogP contribution in [-0.2, 0) is 0 Å². The lowest BCUT2D eigenvalue weighted by Crippen LogP contribution is -1.83. The van der Waals surface area contributed by atoms with Crippen molar-refractivity contribution in [3.05, 3.63) is 57.9 Å². The molecule has 4 heterocycles. The molecule has 10 heteroatoms. The lowest BCUT2D eigenvalue weighted by molar-refractivity contribution is 1.13. The zero-order chi connectivity index (χ0) is 16.9. The van der Waals surface area contributed by atoms with Crippen LogP contribution in [0.3, 0.4) is 0 Å². The highest BCUT2D eigenvalue weighted by Crippen LogP contribution is 2.57. The van der Waals surface area contributed by atoms with Gasteiger partial charge in [-0.15, -0.1) is 23.5 Å². The van der Waals surface area contributed by atoms with Gasteiger partial charge in [-0.05, 0) is 50.4 Å². The van der Waals surface area contributed by atoms with Gasteiger partial charge in [-0.1, -0.05) is 94.1 Å². The van der Waals surface area contributed by atoms with E-state index in [2.05, 4.69) is 32.4 Å². The molecule has 4 aliphatic heterocycles. The minimum atomic E-state index is 1.21. The summed E-state index contributed by atoms with van der Waals surface area (Å²) in [5.74, 6) is 2.42. The second-order valence-corrected chi connectivity index (χ2v) is 15.9. The molecule has 0 aromatic heterocycles. The molecule has 0 fully saturated rings. The summed E-state index contributed by atoms with van der Waals surface area (Å²) in [6.45, 7) is 0. The molecule has 0 N–H and O–H groups in total. The van der Waals surface area contributed by atoms with Crippen molar-refractivity contribution in [3.63, 3.8) is 0 Å². The predicted octanol–water partition coefficient (Wildman–Crippen LogP) is 9.56. The molecular weight excluding hydrogens is 501 g/mol. The summed E-state index contributed by atoms with van der Waals surface area (Å²) in [6, 6.07) is 0. The quantitative estimate of drug-likeness (QED) is 0.314. The lowest BCUT2D eigenvalue weighted by atomic mass is 10.6. The molecule has 0 atom stereocenters. The number of hydrogen-bond donors (Lipinski definition) is 0. The van der Waals surface area contributed by atoms with Gasteiger partial charge < -0.3 is 0 Å². The topological polar surface area (TPSA) is 0 Å². The van der Waals surface area contributed by atoms with Gasteiger partial charge in [0, 0.05) is 0 Å². The van der Waals surface area contributed by atoms with E-state index in [1.54, 1.807) is 0 Å². The van der Waals surface area contributed by atoms with Crippen molar-refractivity contribution >= 4 is 118 Å². The molecule has 25 heavy (non-hydrogen) atoms. The molecule has 0 nitrogen and oxygen atoms in total. The molecule has 0 saturated carbocycles. The van der Waals surface area contributed by atoms with E-state index >= 15 is 0 Å². The van der Waals surface area contributed by atoms with E-state index in [9.17, 15) is 0 Å². The molecule has 0 aromatic carbocycles. The summed E-state index contributed by atoms with van der Waals surface area (Å²) in [4.78, 5) is 0. The molecule has 0 radical (unpaired) electrons. The van der Waals surface area contributed by atoms with Crippen LogP contribution >= 0.6 is 118 Å². The molecule has 4 rings (SSSR count). The first-order valence-electron chi connectivity index (χ1n) is 7.19. The number of rotatable bonds is 6. The summed E-state index contributed by atoms with van der Waals surface area (Å²) in [5, 5.41) is 13.3. The fourth-order valence-electron chi connectivity index (χ4n) is 1.80. The molecule has 0 aliphatic carbocycles. The van der Waals surface area contributed by atoms with Crippen molar-refractivity contribution in [1.29, 1.82) is 0 Å². The zero-order valence-corrected chi connectivity index (χ0v) is 20.8. The molecule has 0 unspecified atom stereocenters. The molecule has 0 amide bonds. The Morgan fingerprint density at radius 2 is 1.00 bits per heavy atom. The average molecular weight is 513 g/mol. The third-order valence-corrected chi connectivity index (χ3v) is 15.8. The largest absolute Gasteiger partial charge is 0.118 e. The predicted molar refractivity (Wildman–Crippen MR) is 139 cm³/mol. The normalized spacial score (nSPS) is 22.6. The molecular formula is C15H12S10. The van der Waals surface area contributed by atoms with Gasteiger partial charge in [0.1, 0.15) is 0 Å². The van der Waals surface area contributed by atoms with E-state index < -0.39 is 0 Å². The minimum Gasteiger partial charge on any atom is -0.118 e. The van der Waals surface area contributed by atoms with Gasteiger partial charge in [0.25, 0.3) is 0 Å². The van der Waals surface area contributed by atoms with Crippen LogP contribution in [0, 0.1) is 0 Å². The maximum atomic E-state index is 2.32. The van der Waals surface area contributed by atoms with Crippen LogP contribution in [0.5, 0.6) is 0 Å². The first-order valence-corrected chi connectivity index (χ1v) is 16.1. The maximum Gasteiger partial charge on any atom is 0.0705 e. The monoisotopic (exact) mass is 512 g/mol. The van der Waals surface area contributed by atoms with Gasteiger partial charge in [-0.2, -0.15) is 0 Å². The van der Waals surface area contributed by atoms with Crippen LogP contribution in [0.1, 0.15) is 6.42 Å². The Hall–Kier alpha value is 1.94. The second-order valence-electron chi connectivity index (χ2n) is 4.53. The van der Waals surface area contributed by atoms with E-state index in [-0.39, 0.29) is 0 Å². The highest BCUT2D eigenvalue weighted by Gasteiger charge is 2.20. The molecule has 132 valence electrons. The van der Waals surface area contributed by atoms with Crippen molar-refractivity contribution < 1.29 is 0 Å². The van der Waals surface area contributed by atoms with Crippen LogP contribution in [0.4, 0.5) is 0 Å². The van der Waals surface area contributed by atoms with E-state index in [4.69, 9.17) is 0 Å². The van der Waals surface area contributed by atoms with E-state index in [1.165, 1.54) is 43.3 Å². The fraction of sp³-hybridized carbons (Fsp3) is 0.200. The summed E-state index contributed by atoms with van der Waals surface area (Å²) in [6.07, 6.45) is 1.26. The van der Waals surface area contributed by atoms with Gasteiger partial charge in [0.2, 0.25) is 0 Å². The average Bonchev–Trinajstić information content (AvgIpc) is 3.40. The Bertz CT molecular complexity index is 632. The van der Waals surface area contributed by atoms with Crippen LogP contribution in [0.25, 0.3) is 0 Å². The van der Waals surface area contributed by atoms with Gasteiger partial charge in [-0.25, -0.2) is 0 Å². The first-order chi connectivity index (χ1) is 12.4. The van der Waals surface area contributed by atoms with Gasteiger partial charge >= 0.3 is 0 Å². The Balaban J connectivity index is 1.11. The van der Waals surface area contributed by atoms with Gasteiger partial charge in [0.15, 0.2) is 0 Å². The van der Waals surface area contributed by atoms with Crippen molar-refractivity contribution in [2.24, 2.45) is 0 Å². The first kappa shape index (κ1) is 20.2. The third-order valence-electron chi connectivity index (χ3n) is 2.83. The second kappa shape index (κ2) is 10.6. The molecule has 4 aliphatic rings. The summed E-state index contributed by atoms with van der Waals surface area (Å²) >= 11 is 19.1. The van der Waals surface area contributed by atoms with Crippen LogP contribution < -0.4 is 0 Å². The van der Waals surface area contributed by atoms with Gasteiger partial charge in [-0.3, -0.25) is 0 Å². The fourth-order valence-corrected chi connectivity index (χ4v) is 13.7. The lowest BCUT2D eigenvalue weighted by Gasteiger charge is -2.04. The highest BCUT2D eigenvalue weighted by atomic mass is 32.2. The van der Waals surface area contributed by atoms with E-state index in [0.29, 0.717) is 0 Å². The highest BCUT2D eigenvalue weighted by molar-refractivity contribution is 8.38. The Kier molecular flexibility index (Phi) is 8.61. The number of hydrogen-bond acceptors (Lipinski definition) is 10. The van der Waals surface area contributed by atoms with Crippen molar-refractivity contribution in [2.75, 3.05) is 11.5 Å².